The molecule has 1 aromatic heterocycles. The molecule has 1 aliphatic heterocycles. The lowest BCUT2D eigenvalue weighted by Gasteiger charge is -2.29. The second kappa shape index (κ2) is 8.72. The van der Waals surface area contributed by atoms with Gasteiger partial charge in [-0.15, -0.1) is 0 Å². The van der Waals surface area contributed by atoms with Crippen LogP contribution in [-0.2, 0) is 13.0 Å². The number of alkyl halides is 2. The molecule has 2 atom stereocenters. The Morgan fingerprint density at radius 2 is 2.13 bits per heavy atom. The van der Waals surface area contributed by atoms with E-state index in [0.29, 0.717) is 46.6 Å². The van der Waals surface area contributed by atoms with Gasteiger partial charge in [-0.3, -0.25) is 0 Å². The molecule has 1 fully saturated rings. The molecule has 1 aliphatic carbocycles. The zero-order valence-electron chi connectivity index (χ0n) is 16.5. The van der Waals surface area contributed by atoms with E-state index in [4.69, 9.17) is 28.9 Å². The summed E-state index contributed by atoms with van der Waals surface area (Å²) in [6.07, 6.45) is 1.53. The molecule has 31 heavy (non-hydrogen) atoms. The molecule has 1 aromatic carbocycles. The Kier molecular flexibility index (Phi) is 6.18. The summed E-state index contributed by atoms with van der Waals surface area (Å²) in [4.78, 5) is 23.0. The van der Waals surface area contributed by atoms with E-state index in [-0.39, 0.29) is 31.5 Å². The molecule has 2 aromatic rings. The van der Waals surface area contributed by atoms with Gasteiger partial charge in [0.05, 0.1) is 22.3 Å². The third kappa shape index (κ3) is 5.16. The van der Waals surface area contributed by atoms with Crippen molar-refractivity contribution in [1.29, 1.82) is 0 Å². The van der Waals surface area contributed by atoms with E-state index in [0.717, 1.165) is 5.56 Å². The quantitative estimate of drug-likeness (QED) is 0.584. The average Bonchev–Trinajstić information content (AvgIpc) is 3.07. The van der Waals surface area contributed by atoms with Gasteiger partial charge in [0.1, 0.15) is 6.17 Å². The number of nitrogens with two attached hydrogens (primary N) is 1. The van der Waals surface area contributed by atoms with Crippen LogP contribution in [0.15, 0.2) is 24.4 Å². The smallest absolute Gasteiger partial charge is 0.319 e. The Hall–Kier alpha value is -2.23. The predicted molar refractivity (Wildman–Crippen MR) is 114 cm³/mol. The first-order chi connectivity index (χ1) is 14.7. The van der Waals surface area contributed by atoms with Gasteiger partial charge in [-0.05, 0) is 36.1 Å². The van der Waals surface area contributed by atoms with Crippen LogP contribution in [0, 0.1) is 0 Å². The van der Waals surface area contributed by atoms with Crippen molar-refractivity contribution in [2.45, 2.75) is 50.4 Å². The molecule has 2 heterocycles. The minimum atomic E-state index is -2.64. The number of benzene rings is 1. The van der Waals surface area contributed by atoms with Crippen LogP contribution < -0.4 is 16.4 Å². The normalized spacial score (nSPS) is 20.8. The Bertz CT molecular complexity index is 992. The highest BCUT2D eigenvalue weighted by atomic mass is 35.5. The van der Waals surface area contributed by atoms with Crippen molar-refractivity contribution in [2.24, 2.45) is 5.73 Å². The summed E-state index contributed by atoms with van der Waals surface area (Å²) in [5.74, 6) is -2.34. The number of hydrogen-bond donors (Lipinski definition) is 3. The van der Waals surface area contributed by atoms with Crippen molar-refractivity contribution >= 4 is 35.2 Å². The van der Waals surface area contributed by atoms with Crippen molar-refractivity contribution in [3.63, 3.8) is 0 Å². The van der Waals surface area contributed by atoms with Gasteiger partial charge in [0.2, 0.25) is 11.9 Å². The molecule has 2 amide bonds. The first-order valence-electron chi connectivity index (χ1n) is 9.95. The number of fused-ring (bicyclic) bond motifs is 1. The van der Waals surface area contributed by atoms with Crippen molar-refractivity contribution in [3.05, 3.63) is 51.3 Å². The molecule has 1 saturated carbocycles. The minimum Gasteiger partial charge on any atom is -0.351 e. The summed E-state index contributed by atoms with van der Waals surface area (Å²) in [5.41, 5.74) is 8.34. The van der Waals surface area contributed by atoms with Crippen LogP contribution in [0.2, 0.25) is 10.0 Å². The van der Waals surface area contributed by atoms with E-state index in [2.05, 4.69) is 20.6 Å². The lowest BCUT2D eigenvalue weighted by Crippen LogP contribution is -2.46. The fourth-order valence-electron chi connectivity index (χ4n) is 3.82. The highest BCUT2D eigenvalue weighted by Crippen LogP contribution is 2.36. The molecular formula is C20H22Cl2F2N6O. The molecule has 0 radical (unpaired) electrons. The van der Waals surface area contributed by atoms with Crippen LogP contribution in [0.4, 0.5) is 19.5 Å². The standard InChI is InChI=1S/C20H22Cl2F2N6O/c21-14-2-1-11(7-15(14)22)17(25)29-19(31)30-6-4-12-9-26-18(28-16(12)10-30)27-13-3-5-20(23,24)8-13/h1-2,7,9,13,17H,3-6,8,10,25H2,(H,29,31)(H,26,27,28)/t13-,17-/m0/s1. The monoisotopic (exact) mass is 470 g/mol. The van der Waals surface area contributed by atoms with Crippen LogP contribution in [0.3, 0.4) is 0 Å². The summed E-state index contributed by atoms with van der Waals surface area (Å²) in [5, 5.41) is 6.49. The highest BCUT2D eigenvalue weighted by Gasteiger charge is 2.39. The summed E-state index contributed by atoms with van der Waals surface area (Å²) in [7, 11) is 0. The number of carbonyl (C=O) groups is 1. The van der Waals surface area contributed by atoms with E-state index >= 15 is 0 Å². The number of carbonyl (C=O) groups excluding carboxylic acids is 1. The van der Waals surface area contributed by atoms with Gasteiger partial charge >= 0.3 is 6.03 Å². The number of nitrogens with one attached hydrogen (secondary N) is 2. The highest BCUT2D eigenvalue weighted by molar-refractivity contribution is 6.42. The average molecular weight is 471 g/mol. The third-order valence-corrected chi connectivity index (χ3v) is 6.29. The molecule has 0 bridgehead atoms. The number of urea groups is 1. The molecule has 7 nitrogen and oxygen atoms in total. The Balaban J connectivity index is 1.39. The van der Waals surface area contributed by atoms with Crippen molar-refractivity contribution < 1.29 is 13.6 Å². The molecule has 0 spiro atoms. The second-order valence-corrected chi connectivity index (χ2v) is 8.69. The van der Waals surface area contributed by atoms with Gasteiger partial charge in [0, 0.05) is 31.6 Å². The first kappa shape index (κ1) is 22.0. The molecule has 166 valence electrons. The molecule has 4 rings (SSSR count). The summed E-state index contributed by atoms with van der Waals surface area (Å²) in [6, 6.07) is 4.22. The first-order valence-corrected chi connectivity index (χ1v) is 10.7. The van der Waals surface area contributed by atoms with Crippen LogP contribution in [-0.4, -0.2) is 39.4 Å². The molecule has 0 saturated heterocycles. The number of aromatic nitrogens is 2. The fraction of sp³-hybridized carbons (Fsp3) is 0.450. The molecule has 11 heteroatoms. The lowest BCUT2D eigenvalue weighted by molar-refractivity contribution is 0.00850. The van der Waals surface area contributed by atoms with E-state index < -0.39 is 12.1 Å². The van der Waals surface area contributed by atoms with Crippen LogP contribution in [0.25, 0.3) is 0 Å². The van der Waals surface area contributed by atoms with Gasteiger partial charge in [0.15, 0.2) is 0 Å². The topological polar surface area (TPSA) is 96.2 Å². The lowest BCUT2D eigenvalue weighted by atomic mass is 10.1. The SMILES string of the molecule is N[C@@H](NC(=O)N1CCc2cnc(N[C@H]3CCC(F)(F)C3)nc2C1)c1ccc(Cl)c(Cl)c1. The van der Waals surface area contributed by atoms with Gasteiger partial charge in [-0.2, -0.15) is 0 Å². The third-order valence-electron chi connectivity index (χ3n) is 5.55. The van der Waals surface area contributed by atoms with Crippen LogP contribution in [0.5, 0.6) is 0 Å². The maximum absolute atomic E-state index is 13.4. The summed E-state index contributed by atoms with van der Waals surface area (Å²) in [6.45, 7) is 0.755. The minimum absolute atomic E-state index is 0.136. The van der Waals surface area contributed by atoms with E-state index in [1.807, 2.05) is 0 Å². The fourth-order valence-corrected chi connectivity index (χ4v) is 4.12. The molecular weight excluding hydrogens is 449 g/mol. The van der Waals surface area contributed by atoms with Crippen molar-refractivity contribution in [2.75, 3.05) is 11.9 Å². The zero-order chi connectivity index (χ0) is 22.2. The van der Waals surface area contributed by atoms with Gasteiger partial charge in [0.25, 0.3) is 0 Å². The van der Waals surface area contributed by atoms with Gasteiger partial charge < -0.3 is 21.3 Å². The Morgan fingerprint density at radius 3 is 2.84 bits per heavy atom. The van der Waals surface area contributed by atoms with E-state index in [9.17, 15) is 13.6 Å². The summed E-state index contributed by atoms with van der Waals surface area (Å²) >= 11 is 11.9. The zero-order valence-corrected chi connectivity index (χ0v) is 18.1. The van der Waals surface area contributed by atoms with E-state index in [1.165, 1.54) is 0 Å². The largest absolute Gasteiger partial charge is 0.351 e. The predicted octanol–water partition coefficient (Wildman–Crippen LogP) is 4.11. The number of amides is 2. The van der Waals surface area contributed by atoms with E-state index in [1.54, 1.807) is 29.3 Å². The van der Waals surface area contributed by atoms with Crippen LogP contribution >= 0.6 is 23.2 Å². The maximum atomic E-state index is 13.4. The van der Waals surface area contributed by atoms with Gasteiger partial charge in [-0.1, -0.05) is 29.3 Å². The molecule has 4 N–H and O–H groups in total. The Morgan fingerprint density at radius 1 is 1.32 bits per heavy atom. The molecule has 2 aliphatic rings. The number of nitrogens with zero attached hydrogens (tertiary/aromatic N) is 3. The van der Waals surface area contributed by atoms with Crippen LogP contribution in [0.1, 0.15) is 42.2 Å². The molecule has 0 unspecified atom stereocenters. The number of anilines is 1. The second-order valence-electron chi connectivity index (χ2n) is 7.88. The van der Waals surface area contributed by atoms with Gasteiger partial charge in [-0.25, -0.2) is 23.5 Å². The Labute approximate surface area is 188 Å². The maximum Gasteiger partial charge on any atom is 0.319 e. The number of halogens is 4. The number of hydrogen-bond acceptors (Lipinski definition) is 5. The van der Waals surface area contributed by atoms with Crippen molar-refractivity contribution in [3.8, 4) is 0 Å². The summed E-state index contributed by atoms with van der Waals surface area (Å²) < 4.78 is 26.8. The number of rotatable bonds is 4. The van der Waals surface area contributed by atoms with Crippen molar-refractivity contribution in [1.82, 2.24) is 20.2 Å².